The van der Waals surface area contributed by atoms with Crippen LogP contribution < -0.4 is 10.5 Å². The van der Waals surface area contributed by atoms with Gasteiger partial charge in [-0.05, 0) is 49.2 Å². The summed E-state index contributed by atoms with van der Waals surface area (Å²) in [6, 6.07) is 2.50. The number of nitrogens with one attached hydrogen (secondary N) is 1. The number of nitro benzene ring substituents is 1. The molecule has 0 saturated carbocycles. The average molecular weight is 345 g/mol. The van der Waals surface area contributed by atoms with E-state index >= 15 is 0 Å². The van der Waals surface area contributed by atoms with Gasteiger partial charge in [0, 0.05) is 18.7 Å². The normalized spacial score (nSPS) is 11.4. The highest BCUT2D eigenvalue weighted by Crippen LogP contribution is 2.25. The molecule has 122 valence electrons. The Labute approximate surface area is 135 Å². The maximum Gasteiger partial charge on any atom is 0.270 e. The predicted octanol–water partition coefficient (Wildman–Crippen LogP) is 1.60. The molecule has 0 aliphatic rings. The first-order valence-corrected chi connectivity index (χ1v) is 8.55. The standard InChI is InChI=1S/C13H19N3O4S2/c1-9-7-11(16(17)18)8-10(2)13(9)22(19,20)15-6-4-12(21)3-5-14/h7-8,15H,3-6,14H2,1-2H3. The van der Waals surface area contributed by atoms with Crippen LogP contribution in [0.5, 0.6) is 0 Å². The van der Waals surface area contributed by atoms with Crippen LogP contribution in [0.25, 0.3) is 0 Å². The third kappa shape index (κ3) is 4.80. The van der Waals surface area contributed by atoms with E-state index in [0.717, 1.165) is 0 Å². The van der Waals surface area contributed by atoms with Gasteiger partial charge in [0.15, 0.2) is 0 Å². The lowest BCUT2D eigenvalue weighted by Gasteiger charge is -2.12. The van der Waals surface area contributed by atoms with Crippen molar-refractivity contribution in [3.63, 3.8) is 0 Å². The molecule has 0 fully saturated rings. The van der Waals surface area contributed by atoms with E-state index in [1.807, 2.05) is 0 Å². The number of benzene rings is 1. The largest absolute Gasteiger partial charge is 0.330 e. The molecule has 0 unspecified atom stereocenters. The van der Waals surface area contributed by atoms with E-state index < -0.39 is 14.9 Å². The fourth-order valence-corrected chi connectivity index (χ4v) is 3.84. The summed E-state index contributed by atoms with van der Waals surface area (Å²) in [6.45, 7) is 3.68. The molecule has 0 amide bonds. The summed E-state index contributed by atoms with van der Waals surface area (Å²) in [5.41, 5.74) is 5.92. The molecule has 0 spiro atoms. The van der Waals surface area contributed by atoms with Crippen LogP contribution in [0.2, 0.25) is 0 Å². The molecule has 1 aromatic carbocycles. The first kappa shape index (κ1) is 18.6. The Kier molecular flexibility index (Phi) is 6.54. The first-order valence-electron chi connectivity index (χ1n) is 6.66. The Morgan fingerprint density at radius 1 is 1.32 bits per heavy atom. The number of hydrogen-bond acceptors (Lipinski definition) is 6. The number of non-ortho nitro benzene ring substituents is 1. The third-order valence-corrected chi connectivity index (χ3v) is 5.22. The number of aryl methyl sites for hydroxylation is 2. The van der Waals surface area contributed by atoms with Gasteiger partial charge in [-0.2, -0.15) is 0 Å². The Hall–Kier alpha value is -1.42. The van der Waals surface area contributed by atoms with E-state index in [1.165, 1.54) is 26.0 Å². The third-order valence-electron chi connectivity index (χ3n) is 3.04. The van der Waals surface area contributed by atoms with Crippen molar-refractivity contribution in [3.05, 3.63) is 33.4 Å². The molecule has 1 rings (SSSR count). The lowest BCUT2D eigenvalue weighted by molar-refractivity contribution is -0.385. The number of thiocarbonyl (C=S) groups is 1. The van der Waals surface area contributed by atoms with Crippen LogP contribution in [0.3, 0.4) is 0 Å². The lowest BCUT2D eigenvalue weighted by atomic mass is 10.1. The van der Waals surface area contributed by atoms with Crippen molar-refractivity contribution in [2.24, 2.45) is 5.73 Å². The molecule has 0 atom stereocenters. The maximum atomic E-state index is 12.3. The highest BCUT2D eigenvalue weighted by Gasteiger charge is 2.22. The second kappa shape index (κ2) is 7.73. The van der Waals surface area contributed by atoms with Gasteiger partial charge in [0.25, 0.3) is 5.69 Å². The van der Waals surface area contributed by atoms with Gasteiger partial charge in [0.2, 0.25) is 10.0 Å². The summed E-state index contributed by atoms with van der Waals surface area (Å²) in [6.07, 6.45) is 1.00. The molecule has 0 bridgehead atoms. The van der Waals surface area contributed by atoms with Crippen LogP contribution in [-0.4, -0.2) is 31.3 Å². The van der Waals surface area contributed by atoms with Gasteiger partial charge in [0.1, 0.15) is 0 Å². The highest BCUT2D eigenvalue weighted by molar-refractivity contribution is 7.89. The van der Waals surface area contributed by atoms with E-state index in [0.29, 0.717) is 35.4 Å². The molecule has 7 nitrogen and oxygen atoms in total. The Balaban J connectivity index is 2.94. The van der Waals surface area contributed by atoms with E-state index in [9.17, 15) is 18.5 Å². The zero-order valence-corrected chi connectivity index (χ0v) is 14.1. The number of nitrogens with two attached hydrogens (primary N) is 1. The van der Waals surface area contributed by atoms with Crippen LogP contribution in [-0.2, 0) is 10.0 Å². The predicted molar refractivity (Wildman–Crippen MR) is 88.6 cm³/mol. The Morgan fingerprint density at radius 2 is 1.86 bits per heavy atom. The molecule has 0 aromatic heterocycles. The van der Waals surface area contributed by atoms with E-state index in [2.05, 4.69) is 4.72 Å². The van der Waals surface area contributed by atoms with Crippen LogP contribution >= 0.6 is 12.2 Å². The fourth-order valence-electron chi connectivity index (χ4n) is 2.14. The van der Waals surface area contributed by atoms with Crippen molar-refractivity contribution in [2.75, 3.05) is 13.1 Å². The maximum absolute atomic E-state index is 12.3. The molecular formula is C13H19N3O4S2. The molecule has 3 N–H and O–H groups in total. The number of sulfonamides is 1. The minimum atomic E-state index is -3.74. The van der Waals surface area contributed by atoms with Crippen LogP contribution in [0.4, 0.5) is 5.69 Å². The minimum absolute atomic E-state index is 0.0721. The van der Waals surface area contributed by atoms with Gasteiger partial charge < -0.3 is 5.73 Å². The van der Waals surface area contributed by atoms with Gasteiger partial charge in [-0.3, -0.25) is 10.1 Å². The highest BCUT2D eigenvalue weighted by atomic mass is 32.2. The lowest BCUT2D eigenvalue weighted by Crippen LogP contribution is -2.27. The number of nitrogens with zero attached hydrogens (tertiary/aromatic N) is 1. The van der Waals surface area contributed by atoms with Crippen molar-refractivity contribution >= 4 is 32.8 Å². The summed E-state index contributed by atoms with van der Waals surface area (Å²) >= 11 is 5.07. The summed E-state index contributed by atoms with van der Waals surface area (Å²) < 4.78 is 27.2. The molecular weight excluding hydrogens is 326 g/mol. The van der Waals surface area contributed by atoms with Gasteiger partial charge in [-0.1, -0.05) is 12.2 Å². The number of nitro groups is 1. The van der Waals surface area contributed by atoms with Crippen LogP contribution in [0.1, 0.15) is 24.0 Å². The summed E-state index contributed by atoms with van der Waals surface area (Å²) in [4.78, 5) is 11.0. The summed E-state index contributed by atoms with van der Waals surface area (Å²) in [5.74, 6) is 0. The van der Waals surface area contributed by atoms with Gasteiger partial charge in [-0.25, -0.2) is 13.1 Å². The molecule has 9 heteroatoms. The Bertz CT molecular complexity index is 664. The van der Waals surface area contributed by atoms with E-state index in [-0.39, 0.29) is 17.1 Å². The smallest absolute Gasteiger partial charge is 0.270 e. The molecule has 0 radical (unpaired) electrons. The van der Waals surface area contributed by atoms with E-state index in [4.69, 9.17) is 18.0 Å². The number of hydrogen-bond donors (Lipinski definition) is 2. The first-order chi connectivity index (χ1) is 10.2. The van der Waals surface area contributed by atoms with Crippen LogP contribution in [0, 0.1) is 24.0 Å². The molecule has 0 aliphatic carbocycles. The minimum Gasteiger partial charge on any atom is -0.330 e. The van der Waals surface area contributed by atoms with Crippen molar-refractivity contribution in [1.29, 1.82) is 0 Å². The quantitative estimate of drug-likeness (QED) is 0.420. The zero-order valence-electron chi connectivity index (χ0n) is 12.5. The van der Waals surface area contributed by atoms with Crippen molar-refractivity contribution in [3.8, 4) is 0 Å². The molecule has 0 saturated heterocycles. The van der Waals surface area contributed by atoms with Gasteiger partial charge in [0.05, 0.1) is 9.82 Å². The Morgan fingerprint density at radius 3 is 2.32 bits per heavy atom. The van der Waals surface area contributed by atoms with Crippen molar-refractivity contribution < 1.29 is 13.3 Å². The molecule has 22 heavy (non-hydrogen) atoms. The summed E-state index contributed by atoms with van der Waals surface area (Å²) in [7, 11) is -3.74. The van der Waals surface area contributed by atoms with Gasteiger partial charge in [-0.15, -0.1) is 0 Å². The van der Waals surface area contributed by atoms with E-state index in [1.54, 1.807) is 0 Å². The fraction of sp³-hybridized carbons (Fsp3) is 0.462. The zero-order chi connectivity index (χ0) is 16.9. The molecule has 1 aromatic rings. The summed E-state index contributed by atoms with van der Waals surface area (Å²) in [5, 5.41) is 10.8. The molecule has 0 heterocycles. The molecule has 0 aliphatic heterocycles. The number of rotatable bonds is 8. The SMILES string of the molecule is Cc1cc([N+](=O)[O-])cc(C)c1S(=O)(=O)NCCC(=S)CCN. The topological polar surface area (TPSA) is 115 Å². The van der Waals surface area contributed by atoms with Crippen molar-refractivity contribution in [1.82, 2.24) is 4.72 Å². The second-order valence-electron chi connectivity index (χ2n) is 4.89. The van der Waals surface area contributed by atoms with Gasteiger partial charge >= 0.3 is 0 Å². The average Bonchev–Trinajstić information content (AvgIpc) is 2.37. The van der Waals surface area contributed by atoms with Crippen LogP contribution in [0.15, 0.2) is 17.0 Å². The monoisotopic (exact) mass is 345 g/mol. The second-order valence-corrected chi connectivity index (χ2v) is 7.17. The van der Waals surface area contributed by atoms with Crippen molar-refractivity contribution in [2.45, 2.75) is 31.6 Å².